The summed E-state index contributed by atoms with van der Waals surface area (Å²) in [5, 5.41) is 9.46. The number of ether oxygens (including phenoxy) is 1. The summed E-state index contributed by atoms with van der Waals surface area (Å²) < 4.78 is 5.80. The van der Waals surface area contributed by atoms with E-state index in [4.69, 9.17) is 4.74 Å². The van der Waals surface area contributed by atoms with Crippen LogP contribution in [0.3, 0.4) is 0 Å². The molecular weight excluding hydrogens is 152 g/mol. The Hall–Kier alpha value is -0.0800. The van der Waals surface area contributed by atoms with Crippen LogP contribution in [0, 0.1) is 5.41 Å². The van der Waals surface area contributed by atoms with E-state index in [-0.39, 0.29) is 23.2 Å². The zero-order valence-electron chi connectivity index (χ0n) is 8.72. The molecule has 0 heterocycles. The van der Waals surface area contributed by atoms with Crippen molar-refractivity contribution in [2.24, 2.45) is 5.41 Å². The van der Waals surface area contributed by atoms with Gasteiger partial charge in [0.25, 0.3) is 0 Å². The molecule has 2 heteroatoms. The molecule has 12 heavy (non-hydrogen) atoms. The summed E-state index contributed by atoms with van der Waals surface area (Å²) in [7, 11) is 0. The fraction of sp³-hybridized carbons (Fsp3) is 1.00. The Kier molecular flexibility index (Phi) is 2.26. The third kappa shape index (κ3) is 1.80. The minimum atomic E-state index is -0.190. The molecule has 2 unspecified atom stereocenters. The van der Waals surface area contributed by atoms with Crippen molar-refractivity contribution >= 4 is 0 Å². The lowest BCUT2D eigenvalue weighted by molar-refractivity contribution is -0.212. The van der Waals surface area contributed by atoms with Gasteiger partial charge in [0.2, 0.25) is 0 Å². The summed E-state index contributed by atoms with van der Waals surface area (Å²) in [4.78, 5) is 0. The summed E-state index contributed by atoms with van der Waals surface area (Å²) in [6.45, 7) is 10.3. The van der Waals surface area contributed by atoms with E-state index in [1.165, 1.54) is 0 Å². The second-order valence-electron chi connectivity index (χ2n) is 5.29. The van der Waals surface area contributed by atoms with Crippen LogP contribution in [0.1, 0.15) is 41.0 Å². The first-order chi connectivity index (χ1) is 5.23. The Morgan fingerprint density at radius 3 is 2.08 bits per heavy atom. The average Bonchev–Trinajstić information content (AvgIpc) is 1.84. The molecule has 0 aliphatic heterocycles. The predicted octanol–water partition coefficient (Wildman–Crippen LogP) is 1.96. The molecule has 0 saturated heterocycles. The van der Waals surface area contributed by atoms with Crippen LogP contribution in [0.5, 0.6) is 0 Å². The van der Waals surface area contributed by atoms with E-state index < -0.39 is 0 Å². The largest absolute Gasteiger partial charge is 0.392 e. The van der Waals surface area contributed by atoms with Gasteiger partial charge in [-0.2, -0.15) is 0 Å². The summed E-state index contributed by atoms with van der Waals surface area (Å²) >= 11 is 0. The maximum Gasteiger partial charge on any atom is 0.0682 e. The Balaban J connectivity index is 2.48. The second-order valence-corrected chi connectivity index (χ2v) is 5.29. The number of hydrogen-bond acceptors (Lipinski definition) is 2. The van der Waals surface area contributed by atoms with Crippen molar-refractivity contribution in [1.82, 2.24) is 0 Å². The van der Waals surface area contributed by atoms with Crippen molar-refractivity contribution < 1.29 is 9.84 Å². The normalized spacial score (nSPS) is 34.5. The Bertz CT molecular complexity index is 167. The van der Waals surface area contributed by atoms with Crippen LogP contribution in [-0.4, -0.2) is 22.9 Å². The molecule has 0 aromatic heterocycles. The fourth-order valence-electron chi connectivity index (χ4n) is 1.49. The summed E-state index contributed by atoms with van der Waals surface area (Å²) in [5.41, 5.74) is -0.157. The van der Waals surface area contributed by atoms with Gasteiger partial charge in [-0.15, -0.1) is 0 Å². The van der Waals surface area contributed by atoms with E-state index in [2.05, 4.69) is 13.8 Å². The van der Waals surface area contributed by atoms with Crippen LogP contribution >= 0.6 is 0 Å². The molecule has 2 atom stereocenters. The van der Waals surface area contributed by atoms with Crippen LogP contribution in [0.25, 0.3) is 0 Å². The van der Waals surface area contributed by atoms with Gasteiger partial charge in [0.05, 0.1) is 17.8 Å². The molecule has 1 aliphatic rings. The minimum Gasteiger partial charge on any atom is -0.392 e. The lowest BCUT2D eigenvalue weighted by atomic mass is 9.66. The highest BCUT2D eigenvalue weighted by Crippen LogP contribution is 2.44. The molecule has 1 aliphatic carbocycles. The Morgan fingerprint density at radius 2 is 1.83 bits per heavy atom. The van der Waals surface area contributed by atoms with Gasteiger partial charge in [-0.1, -0.05) is 13.8 Å². The Morgan fingerprint density at radius 1 is 1.33 bits per heavy atom. The van der Waals surface area contributed by atoms with Crippen molar-refractivity contribution in [1.29, 1.82) is 0 Å². The highest BCUT2D eigenvalue weighted by molar-refractivity contribution is 4.98. The van der Waals surface area contributed by atoms with Crippen LogP contribution in [0.4, 0.5) is 0 Å². The molecule has 1 fully saturated rings. The number of hydrogen-bond donors (Lipinski definition) is 1. The summed E-state index contributed by atoms with van der Waals surface area (Å²) in [5.74, 6) is 0. The SMILES string of the molecule is CC(C)(C)OC1CC(O)C1(C)C. The molecule has 1 saturated carbocycles. The third-order valence-electron chi connectivity index (χ3n) is 2.62. The van der Waals surface area contributed by atoms with Crippen LogP contribution in [0.15, 0.2) is 0 Å². The van der Waals surface area contributed by atoms with Gasteiger partial charge in [0.1, 0.15) is 0 Å². The molecule has 72 valence electrons. The molecule has 0 spiro atoms. The van der Waals surface area contributed by atoms with E-state index in [0.29, 0.717) is 0 Å². The van der Waals surface area contributed by atoms with Gasteiger partial charge in [-0.25, -0.2) is 0 Å². The molecule has 1 rings (SSSR count). The van der Waals surface area contributed by atoms with Crippen LogP contribution in [-0.2, 0) is 4.74 Å². The third-order valence-corrected chi connectivity index (χ3v) is 2.62. The van der Waals surface area contributed by atoms with Crippen molar-refractivity contribution in [3.05, 3.63) is 0 Å². The molecule has 1 N–H and O–H groups in total. The lowest BCUT2D eigenvalue weighted by Crippen LogP contribution is -2.56. The zero-order chi connectivity index (χ0) is 9.57. The first kappa shape index (κ1) is 10.0. The molecule has 0 aromatic carbocycles. The molecular formula is C10H20O2. The van der Waals surface area contributed by atoms with Gasteiger partial charge < -0.3 is 9.84 Å². The van der Waals surface area contributed by atoms with Gasteiger partial charge >= 0.3 is 0 Å². The van der Waals surface area contributed by atoms with E-state index in [1.807, 2.05) is 20.8 Å². The minimum absolute atomic E-state index is 0.0622. The smallest absolute Gasteiger partial charge is 0.0682 e. The lowest BCUT2D eigenvalue weighted by Gasteiger charge is -2.50. The monoisotopic (exact) mass is 172 g/mol. The fourth-order valence-corrected chi connectivity index (χ4v) is 1.49. The topological polar surface area (TPSA) is 29.5 Å². The number of rotatable bonds is 1. The van der Waals surface area contributed by atoms with Gasteiger partial charge in [0, 0.05) is 11.8 Å². The van der Waals surface area contributed by atoms with E-state index in [0.717, 1.165) is 6.42 Å². The summed E-state index contributed by atoms with van der Waals surface area (Å²) in [6, 6.07) is 0. The van der Waals surface area contributed by atoms with Gasteiger partial charge in [-0.3, -0.25) is 0 Å². The molecule has 2 nitrogen and oxygen atoms in total. The maximum atomic E-state index is 9.46. The number of aliphatic hydroxyl groups excluding tert-OH is 1. The first-order valence-corrected chi connectivity index (χ1v) is 4.59. The van der Waals surface area contributed by atoms with Gasteiger partial charge in [0.15, 0.2) is 0 Å². The van der Waals surface area contributed by atoms with Crippen molar-refractivity contribution in [3.8, 4) is 0 Å². The predicted molar refractivity (Wildman–Crippen MR) is 49.0 cm³/mol. The first-order valence-electron chi connectivity index (χ1n) is 4.59. The van der Waals surface area contributed by atoms with E-state index >= 15 is 0 Å². The molecule has 0 amide bonds. The average molecular weight is 172 g/mol. The molecule has 0 aromatic rings. The van der Waals surface area contributed by atoms with Crippen molar-refractivity contribution in [2.75, 3.05) is 0 Å². The van der Waals surface area contributed by atoms with Crippen LogP contribution < -0.4 is 0 Å². The van der Waals surface area contributed by atoms with Crippen molar-refractivity contribution in [3.63, 3.8) is 0 Å². The molecule has 0 radical (unpaired) electrons. The van der Waals surface area contributed by atoms with Gasteiger partial charge in [-0.05, 0) is 20.8 Å². The highest BCUT2D eigenvalue weighted by Gasteiger charge is 2.49. The van der Waals surface area contributed by atoms with E-state index in [9.17, 15) is 5.11 Å². The molecule has 0 bridgehead atoms. The summed E-state index contributed by atoms with van der Waals surface area (Å²) in [6.07, 6.45) is 0.807. The van der Waals surface area contributed by atoms with Crippen molar-refractivity contribution in [2.45, 2.75) is 58.8 Å². The standard InChI is InChI=1S/C10H20O2/c1-9(2,3)12-8-6-7(11)10(8,4)5/h7-8,11H,6H2,1-5H3. The maximum absolute atomic E-state index is 9.46. The quantitative estimate of drug-likeness (QED) is 0.655. The highest BCUT2D eigenvalue weighted by atomic mass is 16.5. The van der Waals surface area contributed by atoms with Crippen LogP contribution in [0.2, 0.25) is 0 Å². The number of aliphatic hydroxyl groups is 1. The van der Waals surface area contributed by atoms with E-state index in [1.54, 1.807) is 0 Å². The Labute approximate surface area is 74.9 Å². The second kappa shape index (κ2) is 2.71. The zero-order valence-corrected chi connectivity index (χ0v) is 8.72.